The summed E-state index contributed by atoms with van der Waals surface area (Å²) in [6.45, 7) is 6.14. The van der Waals surface area contributed by atoms with Crippen LogP contribution in [0, 0.1) is 0 Å². The van der Waals surface area contributed by atoms with Crippen LogP contribution in [0.3, 0.4) is 0 Å². The van der Waals surface area contributed by atoms with Gasteiger partial charge in [0.05, 0.1) is 0 Å². The van der Waals surface area contributed by atoms with Gasteiger partial charge in [0.15, 0.2) is 0 Å². The average Bonchev–Trinajstić information content (AvgIpc) is 2.28. The summed E-state index contributed by atoms with van der Waals surface area (Å²) in [4.78, 5) is 11.1. The topological polar surface area (TPSA) is 37.3 Å². The Balaban J connectivity index is 2.64. The molecule has 0 radical (unpaired) electrons. The van der Waals surface area contributed by atoms with Crippen LogP contribution in [0.25, 0.3) is 5.57 Å². The SMILES string of the molecule is CC(C(=O)O)=C1CCC(C)(C)c2ccccc21. The number of carboxylic acid groups (broad SMARTS) is 1. The van der Waals surface area contributed by atoms with Crippen molar-refractivity contribution in [2.45, 2.75) is 39.0 Å². The first-order valence-electron chi connectivity index (χ1n) is 5.96. The van der Waals surface area contributed by atoms with E-state index in [9.17, 15) is 4.79 Å². The molecule has 0 bridgehead atoms. The van der Waals surface area contributed by atoms with Crippen LogP contribution in [0.5, 0.6) is 0 Å². The van der Waals surface area contributed by atoms with E-state index in [1.165, 1.54) is 5.56 Å². The minimum atomic E-state index is -0.811. The Labute approximate surface area is 102 Å². The van der Waals surface area contributed by atoms with Crippen LogP contribution in [-0.2, 0) is 10.2 Å². The van der Waals surface area contributed by atoms with E-state index < -0.39 is 5.97 Å². The van der Waals surface area contributed by atoms with Crippen molar-refractivity contribution in [3.8, 4) is 0 Å². The number of benzene rings is 1. The zero-order valence-electron chi connectivity index (χ0n) is 10.6. The van der Waals surface area contributed by atoms with Crippen molar-refractivity contribution in [2.75, 3.05) is 0 Å². The molecule has 1 aromatic carbocycles. The molecule has 90 valence electrons. The van der Waals surface area contributed by atoms with E-state index in [1.54, 1.807) is 6.92 Å². The predicted octanol–water partition coefficient (Wildman–Crippen LogP) is 3.62. The van der Waals surface area contributed by atoms with Gasteiger partial charge in [-0.15, -0.1) is 0 Å². The zero-order valence-corrected chi connectivity index (χ0v) is 10.6. The van der Waals surface area contributed by atoms with Crippen molar-refractivity contribution < 1.29 is 9.90 Å². The van der Waals surface area contributed by atoms with E-state index in [0.29, 0.717) is 5.57 Å². The van der Waals surface area contributed by atoms with Gasteiger partial charge in [-0.1, -0.05) is 38.1 Å². The summed E-state index contributed by atoms with van der Waals surface area (Å²) in [7, 11) is 0. The molecule has 0 heterocycles. The fraction of sp³-hybridized carbons (Fsp3) is 0.400. The molecule has 2 nitrogen and oxygen atoms in total. The van der Waals surface area contributed by atoms with Crippen LogP contribution in [-0.4, -0.2) is 11.1 Å². The van der Waals surface area contributed by atoms with Crippen molar-refractivity contribution in [2.24, 2.45) is 0 Å². The van der Waals surface area contributed by atoms with Crippen LogP contribution in [0.2, 0.25) is 0 Å². The molecule has 0 aliphatic heterocycles. The van der Waals surface area contributed by atoms with Gasteiger partial charge in [-0.2, -0.15) is 0 Å². The molecule has 0 saturated carbocycles. The van der Waals surface area contributed by atoms with Crippen molar-refractivity contribution in [3.63, 3.8) is 0 Å². The van der Waals surface area contributed by atoms with Gasteiger partial charge in [0.2, 0.25) is 0 Å². The number of rotatable bonds is 1. The molecule has 1 N–H and O–H groups in total. The summed E-state index contributed by atoms with van der Waals surface area (Å²) in [5, 5.41) is 9.13. The van der Waals surface area contributed by atoms with E-state index in [2.05, 4.69) is 19.9 Å². The Hall–Kier alpha value is -1.57. The molecule has 0 atom stereocenters. The summed E-state index contributed by atoms with van der Waals surface area (Å²) in [6, 6.07) is 8.16. The van der Waals surface area contributed by atoms with Gasteiger partial charge >= 0.3 is 5.97 Å². The first kappa shape index (κ1) is 11.9. The lowest BCUT2D eigenvalue weighted by molar-refractivity contribution is -0.132. The lowest BCUT2D eigenvalue weighted by Crippen LogP contribution is -2.24. The molecule has 1 aliphatic carbocycles. The minimum absolute atomic E-state index is 0.138. The molecule has 0 unspecified atom stereocenters. The number of aliphatic carboxylic acids is 1. The molecule has 1 aliphatic rings. The van der Waals surface area contributed by atoms with Gasteiger partial charge in [-0.05, 0) is 41.9 Å². The highest BCUT2D eigenvalue weighted by atomic mass is 16.4. The fourth-order valence-electron chi connectivity index (χ4n) is 2.56. The zero-order chi connectivity index (χ0) is 12.6. The molecule has 0 saturated heterocycles. The largest absolute Gasteiger partial charge is 0.478 e. The van der Waals surface area contributed by atoms with Gasteiger partial charge in [0.25, 0.3) is 0 Å². The predicted molar refractivity (Wildman–Crippen MR) is 68.9 cm³/mol. The monoisotopic (exact) mass is 230 g/mol. The van der Waals surface area contributed by atoms with Crippen LogP contribution < -0.4 is 0 Å². The van der Waals surface area contributed by atoms with Gasteiger partial charge in [-0.25, -0.2) is 4.79 Å². The molecule has 17 heavy (non-hydrogen) atoms. The van der Waals surface area contributed by atoms with E-state index in [0.717, 1.165) is 24.0 Å². The molecule has 0 amide bonds. The third-order valence-electron chi connectivity index (χ3n) is 3.75. The van der Waals surface area contributed by atoms with Crippen molar-refractivity contribution in [1.29, 1.82) is 0 Å². The first-order chi connectivity index (χ1) is 7.93. The Morgan fingerprint density at radius 1 is 1.29 bits per heavy atom. The number of hydrogen-bond donors (Lipinski definition) is 1. The fourth-order valence-corrected chi connectivity index (χ4v) is 2.56. The Morgan fingerprint density at radius 2 is 1.94 bits per heavy atom. The van der Waals surface area contributed by atoms with Crippen molar-refractivity contribution >= 4 is 11.5 Å². The number of hydrogen-bond acceptors (Lipinski definition) is 1. The molecule has 2 rings (SSSR count). The Morgan fingerprint density at radius 3 is 2.59 bits per heavy atom. The second-order valence-corrected chi connectivity index (χ2v) is 5.34. The first-order valence-corrected chi connectivity index (χ1v) is 5.96. The number of carboxylic acids is 1. The summed E-state index contributed by atoms with van der Waals surface area (Å²) in [6.07, 6.45) is 1.85. The van der Waals surface area contributed by atoms with Gasteiger partial charge in [0.1, 0.15) is 0 Å². The average molecular weight is 230 g/mol. The van der Waals surface area contributed by atoms with Crippen LogP contribution >= 0.6 is 0 Å². The maximum atomic E-state index is 11.1. The van der Waals surface area contributed by atoms with Crippen LogP contribution in [0.15, 0.2) is 29.8 Å². The van der Waals surface area contributed by atoms with E-state index in [4.69, 9.17) is 5.11 Å². The van der Waals surface area contributed by atoms with E-state index in [-0.39, 0.29) is 5.41 Å². The summed E-state index contributed by atoms with van der Waals surface area (Å²) < 4.78 is 0. The number of fused-ring (bicyclic) bond motifs is 1. The van der Waals surface area contributed by atoms with Gasteiger partial charge in [0, 0.05) is 5.57 Å². The quantitative estimate of drug-likeness (QED) is 0.748. The third-order valence-corrected chi connectivity index (χ3v) is 3.75. The highest BCUT2D eigenvalue weighted by Gasteiger charge is 2.30. The highest BCUT2D eigenvalue weighted by Crippen LogP contribution is 2.42. The van der Waals surface area contributed by atoms with E-state index >= 15 is 0 Å². The van der Waals surface area contributed by atoms with Crippen LogP contribution in [0.1, 0.15) is 44.7 Å². The van der Waals surface area contributed by atoms with Gasteiger partial charge in [-0.3, -0.25) is 0 Å². The van der Waals surface area contributed by atoms with E-state index in [1.807, 2.05) is 18.2 Å². The minimum Gasteiger partial charge on any atom is -0.478 e. The van der Waals surface area contributed by atoms with Crippen LogP contribution in [0.4, 0.5) is 0 Å². The summed E-state index contributed by atoms with van der Waals surface area (Å²) in [5.74, 6) is -0.811. The molecule has 2 heteroatoms. The second-order valence-electron chi connectivity index (χ2n) is 5.34. The molecule has 0 aromatic heterocycles. The smallest absolute Gasteiger partial charge is 0.331 e. The summed E-state index contributed by atoms with van der Waals surface area (Å²) >= 11 is 0. The normalized spacial score (nSPS) is 20.6. The summed E-state index contributed by atoms with van der Waals surface area (Å²) in [5.41, 5.74) is 3.99. The second kappa shape index (κ2) is 4.02. The number of carbonyl (C=O) groups is 1. The standard InChI is InChI=1S/C15H18O2/c1-10(14(16)17)11-8-9-15(2,3)13-7-5-4-6-12(11)13/h4-7H,8-9H2,1-3H3,(H,16,17). The maximum absolute atomic E-state index is 11.1. The van der Waals surface area contributed by atoms with Gasteiger partial charge < -0.3 is 5.11 Å². The molecule has 0 spiro atoms. The number of allylic oxidation sites excluding steroid dienone is 1. The highest BCUT2D eigenvalue weighted by molar-refractivity contribution is 5.96. The van der Waals surface area contributed by atoms with Crippen molar-refractivity contribution in [1.82, 2.24) is 0 Å². The molecular formula is C15H18O2. The van der Waals surface area contributed by atoms with Crippen molar-refractivity contribution in [3.05, 3.63) is 41.0 Å². The third kappa shape index (κ3) is 1.99. The Kier molecular flexibility index (Phi) is 2.82. The Bertz CT molecular complexity index is 495. The molecule has 1 aromatic rings. The molecule has 0 fully saturated rings. The lowest BCUT2D eigenvalue weighted by Gasteiger charge is -2.34. The molecular weight excluding hydrogens is 212 g/mol. The maximum Gasteiger partial charge on any atom is 0.331 e. The lowest BCUT2D eigenvalue weighted by atomic mass is 9.70.